The highest BCUT2D eigenvalue weighted by Crippen LogP contribution is 2.15. The highest BCUT2D eigenvalue weighted by Gasteiger charge is 2.10. The molecule has 1 aromatic rings. The van der Waals surface area contributed by atoms with Crippen LogP contribution in [0.2, 0.25) is 0 Å². The minimum absolute atomic E-state index is 0.337. The molecule has 17 heavy (non-hydrogen) atoms. The minimum atomic E-state index is 0.337. The molecule has 0 unspecified atom stereocenters. The third-order valence-corrected chi connectivity index (χ3v) is 2.36. The van der Waals surface area contributed by atoms with E-state index in [9.17, 15) is 0 Å². The Hall–Kier alpha value is -1.82. The second-order valence-electron chi connectivity index (χ2n) is 4.45. The first-order valence-corrected chi connectivity index (χ1v) is 5.81. The summed E-state index contributed by atoms with van der Waals surface area (Å²) in [6.07, 6.45) is 5.29. The molecule has 0 heterocycles. The Bertz CT molecular complexity index is 402. The topological polar surface area (TPSA) is 28.0 Å². The summed E-state index contributed by atoms with van der Waals surface area (Å²) in [5, 5.41) is 10.4. The fourth-order valence-electron chi connectivity index (χ4n) is 1.53. The maximum atomic E-state index is 5.29. The number of rotatable bonds is 4. The molecular weight excluding hydrogens is 210 g/mol. The van der Waals surface area contributed by atoms with Crippen molar-refractivity contribution in [2.24, 2.45) is 10.3 Å². The Morgan fingerprint density at radius 1 is 1.06 bits per heavy atom. The molecule has 0 radical (unpaired) electrons. The number of benzene rings is 1. The standard InChI is InChI=1S/C14H19N3/c1-6-13-7-9-14(10-8-13)15-16-17(11(2)3)12(4)5/h1,7-12H,2-5H3/b16-15+. The van der Waals surface area contributed by atoms with E-state index in [0.717, 1.165) is 11.3 Å². The lowest BCUT2D eigenvalue weighted by atomic mass is 10.2. The summed E-state index contributed by atoms with van der Waals surface area (Å²) in [5.74, 6) is 2.57. The molecule has 0 saturated heterocycles. The maximum absolute atomic E-state index is 5.29. The van der Waals surface area contributed by atoms with Crippen molar-refractivity contribution in [3.05, 3.63) is 29.8 Å². The molecule has 3 heteroatoms. The van der Waals surface area contributed by atoms with Gasteiger partial charge in [0.1, 0.15) is 0 Å². The van der Waals surface area contributed by atoms with Gasteiger partial charge in [-0.1, -0.05) is 11.1 Å². The minimum Gasteiger partial charge on any atom is -0.273 e. The van der Waals surface area contributed by atoms with Gasteiger partial charge in [-0.25, -0.2) is 0 Å². The van der Waals surface area contributed by atoms with Gasteiger partial charge >= 0.3 is 0 Å². The lowest BCUT2D eigenvalue weighted by Crippen LogP contribution is -2.31. The van der Waals surface area contributed by atoms with E-state index in [0.29, 0.717) is 12.1 Å². The van der Waals surface area contributed by atoms with Crippen LogP contribution in [0.5, 0.6) is 0 Å². The van der Waals surface area contributed by atoms with Crippen LogP contribution in [0.3, 0.4) is 0 Å². The maximum Gasteiger partial charge on any atom is 0.0875 e. The van der Waals surface area contributed by atoms with E-state index < -0.39 is 0 Å². The van der Waals surface area contributed by atoms with Crippen LogP contribution in [-0.4, -0.2) is 17.1 Å². The number of hydrogen-bond donors (Lipinski definition) is 0. The van der Waals surface area contributed by atoms with Gasteiger partial charge in [0.05, 0.1) is 5.69 Å². The lowest BCUT2D eigenvalue weighted by molar-refractivity contribution is 0.169. The molecule has 0 fully saturated rings. The van der Waals surface area contributed by atoms with Crippen molar-refractivity contribution >= 4 is 5.69 Å². The van der Waals surface area contributed by atoms with Crippen LogP contribution in [0.4, 0.5) is 5.69 Å². The summed E-state index contributed by atoms with van der Waals surface area (Å²) in [6, 6.07) is 8.15. The molecule has 0 N–H and O–H groups in total. The van der Waals surface area contributed by atoms with E-state index in [1.54, 1.807) is 0 Å². The number of nitrogens with zero attached hydrogens (tertiary/aromatic N) is 3. The first-order chi connectivity index (χ1) is 8.04. The predicted octanol–water partition coefficient (Wildman–Crippen LogP) is 3.79. The fraction of sp³-hybridized carbons (Fsp3) is 0.429. The molecule has 3 nitrogen and oxygen atoms in total. The highest BCUT2D eigenvalue weighted by molar-refractivity contribution is 5.43. The Kier molecular flexibility index (Phi) is 4.71. The zero-order chi connectivity index (χ0) is 12.8. The van der Waals surface area contributed by atoms with Gasteiger partial charge in [0, 0.05) is 17.6 Å². The highest BCUT2D eigenvalue weighted by atomic mass is 15.6. The van der Waals surface area contributed by atoms with E-state index in [1.807, 2.05) is 29.3 Å². The van der Waals surface area contributed by atoms with Crippen molar-refractivity contribution in [1.82, 2.24) is 5.01 Å². The van der Waals surface area contributed by atoms with E-state index >= 15 is 0 Å². The molecule has 1 rings (SSSR count). The Morgan fingerprint density at radius 2 is 1.59 bits per heavy atom. The third kappa shape index (κ3) is 3.92. The monoisotopic (exact) mass is 229 g/mol. The molecule has 0 aromatic heterocycles. The third-order valence-electron chi connectivity index (χ3n) is 2.36. The summed E-state index contributed by atoms with van der Waals surface area (Å²) in [7, 11) is 0. The molecule has 0 spiro atoms. The second-order valence-corrected chi connectivity index (χ2v) is 4.45. The van der Waals surface area contributed by atoms with Crippen molar-refractivity contribution in [3.8, 4) is 12.3 Å². The summed E-state index contributed by atoms with van der Waals surface area (Å²) in [4.78, 5) is 0. The van der Waals surface area contributed by atoms with Gasteiger partial charge in [0.2, 0.25) is 0 Å². The average molecular weight is 229 g/mol. The van der Waals surface area contributed by atoms with E-state index in [1.165, 1.54) is 0 Å². The fourth-order valence-corrected chi connectivity index (χ4v) is 1.53. The lowest BCUT2D eigenvalue weighted by Gasteiger charge is -2.25. The van der Waals surface area contributed by atoms with Gasteiger partial charge < -0.3 is 0 Å². The number of hydrogen-bond acceptors (Lipinski definition) is 2. The van der Waals surface area contributed by atoms with Gasteiger partial charge in [0.25, 0.3) is 0 Å². The molecule has 1 aromatic carbocycles. The smallest absolute Gasteiger partial charge is 0.0875 e. The van der Waals surface area contributed by atoms with Crippen molar-refractivity contribution in [3.63, 3.8) is 0 Å². The van der Waals surface area contributed by atoms with Gasteiger partial charge in [-0.15, -0.1) is 11.5 Å². The van der Waals surface area contributed by atoms with Crippen LogP contribution in [0.1, 0.15) is 33.3 Å². The predicted molar refractivity (Wildman–Crippen MR) is 71.0 cm³/mol. The van der Waals surface area contributed by atoms with E-state index in [-0.39, 0.29) is 0 Å². The Labute approximate surface area is 104 Å². The molecule has 0 amide bonds. The van der Waals surface area contributed by atoms with Crippen molar-refractivity contribution in [1.29, 1.82) is 0 Å². The van der Waals surface area contributed by atoms with Gasteiger partial charge in [-0.05, 0) is 52.0 Å². The SMILES string of the molecule is C#Cc1ccc(/N=N/N(C(C)C)C(C)C)cc1. The molecule has 0 saturated carbocycles. The zero-order valence-corrected chi connectivity index (χ0v) is 10.9. The molecule has 0 aliphatic heterocycles. The quantitative estimate of drug-likeness (QED) is 0.438. The Balaban J connectivity index is 2.78. The van der Waals surface area contributed by atoms with Crippen LogP contribution in [0.15, 0.2) is 34.6 Å². The van der Waals surface area contributed by atoms with Crippen molar-refractivity contribution < 1.29 is 0 Å². The summed E-state index contributed by atoms with van der Waals surface area (Å²) < 4.78 is 0. The van der Waals surface area contributed by atoms with Crippen LogP contribution in [-0.2, 0) is 0 Å². The number of terminal acetylenes is 1. The molecular formula is C14H19N3. The molecule has 0 aliphatic rings. The summed E-state index contributed by atoms with van der Waals surface area (Å²) in [5.41, 5.74) is 1.67. The molecule has 0 atom stereocenters. The van der Waals surface area contributed by atoms with E-state index in [4.69, 9.17) is 6.42 Å². The van der Waals surface area contributed by atoms with Crippen LogP contribution < -0.4 is 0 Å². The van der Waals surface area contributed by atoms with Crippen LogP contribution in [0, 0.1) is 12.3 Å². The van der Waals surface area contributed by atoms with Gasteiger partial charge in [0.15, 0.2) is 0 Å². The largest absolute Gasteiger partial charge is 0.273 e. The summed E-state index contributed by atoms with van der Waals surface area (Å²) >= 11 is 0. The zero-order valence-electron chi connectivity index (χ0n) is 10.9. The molecule has 0 bridgehead atoms. The second kappa shape index (κ2) is 6.05. The molecule has 90 valence electrons. The van der Waals surface area contributed by atoms with Crippen molar-refractivity contribution in [2.75, 3.05) is 0 Å². The first-order valence-electron chi connectivity index (χ1n) is 5.81. The van der Waals surface area contributed by atoms with Crippen molar-refractivity contribution in [2.45, 2.75) is 39.8 Å². The average Bonchev–Trinajstić information content (AvgIpc) is 2.29. The summed E-state index contributed by atoms with van der Waals surface area (Å²) in [6.45, 7) is 8.39. The van der Waals surface area contributed by atoms with Crippen LogP contribution in [0.25, 0.3) is 0 Å². The van der Waals surface area contributed by atoms with Gasteiger partial charge in [-0.2, -0.15) is 0 Å². The van der Waals surface area contributed by atoms with Gasteiger partial charge in [-0.3, -0.25) is 5.01 Å². The first kappa shape index (κ1) is 13.2. The van der Waals surface area contributed by atoms with Crippen LogP contribution >= 0.6 is 0 Å². The van der Waals surface area contributed by atoms with E-state index in [2.05, 4.69) is 44.0 Å². The normalized spacial score (nSPS) is 11.1. The molecule has 0 aliphatic carbocycles. The Morgan fingerprint density at radius 3 is 2.00 bits per heavy atom.